The molecule has 1 heterocycles. The summed E-state index contributed by atoms with van der Waals surface area (Å²) in [5.41, 5.74) is 3.91. The summed E-state index contributed by atoms with van der Waals surface area (Å²) in [7, 11) is 0. The van der Waals surface area contributed by atoms with Crippen LogP contribution >= 0.6 is 0 Å². The SMILES string of the molecule is CC(C)(C)c1ccccc1-[n+]1ccn(-c2ccccc2)c1C(C)(C)C. The zero-order valence-electron chi connectivity index (χ0n) is 16.2. The van der Waals surface area contributed by atoms with Gasteiger partial charge in [-0.25, -0.2) is 0 Å². The van der Waals surface area contributed by atoms with Gasteiger partial charge in [-0.2, -0.15) is 9.13 Å². The van der Waals surface area contributed by atoms with Crippen molar-refractivity contribution < 1.29 is 4.57 Å². The van der Waals surface area contributed by atoms with E-state index in [-0.39, 0.29) is 10.8 Å². The Labute approximate surface area is 151 Å². The standard InChI is InChI=1S/C23H29N2/c1-22(2,3)19-14-10-11-15-20(19)25-17-16-24(21(25)23(4,5)6)18-12-8-7-9-13-18/h7-17H,1-6H3/q+1. The first-order valence-electron chi connectivity index (χ1n) is 8.98. The number of rotatable bonds is 2. The van der Waals surface area contributed by atoms with Crippen molar-refractivity contribution in [2.45, 2.75) is 52.4 Å². The number of benzene rings is 2. The third kappa shape index (κ3) is 3.39. The van der Waals surface area contributed by atoms with E-state index in [1.807, 2.05) is 0 Å². The molecule has 0 spiro atoms. The lowest BCUT2D eigenvalue weighted by molar-refractivity contribution is -0.608. The molecule has 0 amide bonds. The Balaban J connectivity index is 2.29. The Morgan fingerprint density at radius 2 is 1.32 bits per heavy atom. The van der Waals surface area contributed by atoms with Gasteiger partial charge in [-0.1, -0.05) is 57.2 Å². The first kappa shape index (κ1) is 17.5. The predicted octanol–water partition coefficient (Wildman–Crippen LogP) is 5.35. The number of nitrogens with zero attached hydrogens (tertiary/aromatic N) is 2. The van der Waals surface area contributed by atoms with Gasteiger partial charge in [0.05, 0.1) is 5.41 Å². The number of aromatic nitrogens is 2. The minimum Gasteiger partial charge on any atom is -0.199 e. The van der Waals surface area contributed by atoms with E-state index in [0.29, 0.717) is 0 Å². The molecule has 1 aromatic heterocycles. The van der Waals surface area contributed by atoms with Crippen molar-refractivity contribution in [3.05, 3.63) is 78.4 Å². The number of para-hydroxylation sites is 2. The van der Waals surface area contributed by atoms with Crippen LogP contribution in [0.25, 0.3) is 11.4 Å². The van der Waals surface area contributed by atoms with Crippen LogP contribution in [0.5, 0.6) is 0 Å². The molecule has 25 heavy (non-hydrogen) atoms. The smallest absolute Gasteiger partial charge is 0.199 e. The van der Waals surface area contributed by atoms with Gasteiger partial charge >= 0.3 is 0 Å². The molecular formula is C23H29N2+. The van der Waals surface area contributed by atoms with Crippen molar-refractivity contribution >= 4 is 0 Å². The fraction of sp³-hybridized carbons (Fsp3) is 0.348. The quantitative estimate of drug-likeness (QED) is 0.559. The maximum atomic E-state index is 2.35. The molecule has 2 nitrogen and oxygen atoms in total. The second-order valence-electron chi connectivity index (χ2n) is 8.71. The number of imidazole rings is 1. The molecule has 0 N–H and O–H groups in total. The van der Waals surface area contributed by atoms with Gasteiger partial charge in [0.1, 0.15) is 23.8 Å². The summed E-state index contributed by atoms with van der Waals surface area (Å²) < 4.78 is 4.66. The van der Waals surface area contributed by atoms with Gasteiger partial charge in [-0.05, 0) is 44.4 Å². The van der Waals surface area contributed by atoms with E-state index >= 15 is 0 Å². The van der Waals surface area contributed by atoms with E-state index in [9.17, 15) is 0 Å². The molecule has 0 aliphatic rings. The van der Waals surface area contributed by atoms with Crippen LogP contribution in [-0.2, 0) is 10.8 Å². The maximum Gasteiger partial charge on any atom is 0.272 e. The molecule has 0 aliphatic heterocycles. The molecule has 0 bridgehead atoms. The number of hydrogen-bond donors (Lipinski definition) is 0. The van der Waals surface area contributed by atoms with E-state index in [2.05, 4.69) is 118 Å². The van der Waals surface area contributed by atoms with Crippen LogP contribution in [0.15, 0.2) is 67.0 Å². The Morgan fingerprint density at radius 1 is 0.720 bits per heavy atom. The summed E-state index contributed by atoms with van der Waals surface area (Å²) in [5, 5.41) is 0. The Bertz CT molecular complexity index is 859. The molecule has 3 rings (SSSR count). The highest BCUT2D eigenvalue weighted by Gasteiger charge is 2.33. The molecule has 2 heteroatoms. The molecule has 0 saturated carbocycles. The summed E-state index contributed by atoms with van der Waals surface area (Å²) in [6, 6.07) is 19.3. The van der Waals surface area contributed by atoms with Gasteiger partial charge in [0, 0.05) is 5.56 Å². The molecule has 2 aromatic carbocycles. The Kier molecular flexibility index (Phi) is 4.32. The molecular weight excluding hydrogens is 304 g/mol. The minimum atomic E-state index is 0.00430. The normalized spacial score (nSPS) is 12.4. The molecule has 0 aliphatic carbocycles. The van der Waals surface area contributed by atoms with E-state index in [4.69, 9.17) is 0 Å². The van der Waals surface area contributed by atoms with E-state index in [0.717, 1.165) is 0 Å². The molecule has 0 radical (unpaired) electrons. The topological polar surface area (TPSA) is 8.81 Å². The van der Waals surface area contributed by atoms with Crippen molar-refractivity contribution in [1.82, 2.24) is 4.57 Å². The third-order valence-electron chi connectivity index (χ3n) is 4.50. The second-order valence-corrected chi connectivity index (χ2v) is 8.71. The van der Waals surface area contributed by atoms with Crippen molar-refractivity contribution in [2.24, 2.45) is 0 Å². The van der Waals surface area contributed by atoms with Crippen molar-refractivity contribution in [3.63, 3.8) is 0 Å². The highest BCUT2D eigenvalue weighted by Crippen LogP contribution is 2.29. The van der Waals surface area contributed by atoms with Gasteiger partial charge in [0.15, 0.2) is 0 Å². The lowest BCUT2D eigenvalue weighted by Gasteiger charge is -2.23. The molecule has 0 fully saturated rings. The fourth-order valence-electron chi connectivity index (χ4n) is 3.42. The van der Waals surface area contributed by atoms with Crippen LogP contribution in [0, 0.1) is 0 Å². The predicted molar refractivity (Wildman–Crippen MR) is 105 cm³/mol. The van der Waals surface area contributed by atoms with Gasteiger partial charge in [0.2, 0.25) is 0 Å². The van der Waals surface area contributed by atoms with Crippen molar-refractivity contribution in [1.29, 1.82) is 0 Å². The van der Waals surface area contributed by atoms with Gasteiger partial charge in [-0.3, -0.25) is 0 Å². The molecule has 130 valence electrons. The van der Waals surface area contributed by atoms with Crippen LogP contribution < -0.4 is 4.57 Å². The fourth-order valence-corrected chi connectivity index (χ4v) is 3.42. The average molecular weight is 333 g/mol. The summed E-state index contributed by atoms with van der Waals surface area (Å²) >= 11 is 0. The van der Waals surface area contributed by atoms with E-state index in [1.165, 1.54) is 22.8 Å². The number of hydrogen-bond acceptors (Lipinski definition) is 0. The molecule has 0 saturated heterocycles. The van der Waals surface area contributed by atoms with Crippen LogP contribution in [-0.4, -0.2) is 4.57 Å². The van der Waals surface area contributed by atoms with E-state index < -0.39 is 0 Å². The molecule has 0 atom stereocenters. The van der Waals surface area contributed by atoms with Crippen molar-refractivity contribution in [3.8, 4) is 11.4 Å². The van der Waals surface area contributed by atoms with Crippen LogP contribution in [0.4, 0.5) is 0 Å². The van der Waals surface area contributed by atoms with Gasteiger partial charge in [-0.15, -0.1) is 0 Å². The largest absolute Gasteiger partial charge is 0.272 e. The lowest BCUT2D eigenvalue weighted by Crippen LogP contribution is -2.42. The maximum absolute atomic E-state index is 2.35. The monoisotopic (exact) mass is 333 g/mol. The molecule has 3 aromatic rings. The summed E-state index contributed by atoms with van der Waals surface area (Å²) in [4.78, 5) is 0. The van der Waals surface area contributed by atoms with Crippen LogP contribution in [0.1, 0.15) is 52.9 Å². The zero-order chi connectivity index (χ0) is 18.2. The first-order valence-corrected chi connectivity index (χ1v) is 8.98. The minimum absolute atomic E-state index is 0.00430. The Hall–Kier alpha value is -2.35. The average Bonchev–Trinajstić information content (AvgIpc) is 3.00. The van der Waals surface area contributed by atoms with Gasteiger partial charge < -0.3 is 0 Å². The van der Waals surface area contributed by atoms with Gasteiger partial charge in [0.25, 0.3) is 5.82 Å². The highest BCUT2D eigenvalue weighted by atomic mass is 15.2. The molecule has 0 unspecified atom stereocenters. The highest BCUT2D eigenvalue weighted by molar-refractivity contribution is 5.40. The Morgan fingerprint density at radius 3 is 1.92 bits per heavy atom. The third-order valence-corrected chi connectivity index (χ3v) is 4.50. The first-order chi connectivity index (χ1) is 11.7. The zero-order valence-corrected chi connectivity index (χ0v) is 16.2. The lowest BCUT2D eigenvalue weighted by atomic mass is 9.85. The van der Waals surface area contributed by atoms with Crippen LogP contribution in [0.3, 0.4) is 0 Å². The van der Waals surface area contributed by atoms with Crippen LogP contribution in [0.2, 0.25) is 0 Å². The summed E-state index contributed by atoms with van der Waals surface area (Å²) in [6.45, 7) is 13.7. The second kappa shape index (κ2) is 6.18. The summed E-state index contributed by atoms with van der Waals surface area (Å²) in [6.07, 6.45) is 4.37. The van der Waals surface area contributed by atoms with E-state index in [1.54, 1.807) is 0 Å². The van der Waals surface area contributed by atoms with Crippen molar-refractivity contribution in [2.75, 3.05) is 0 Å². The summed E-state index contributed by atoms with van der Waals surface area (Å²) in [5.74, 6) is 1.27.